The van der Waals surface area contributed by atoms with Gasteiger partial charge < -0.3 is 18.9 Å². The van der Waals surface area contributed by atoms with Crippen molar-refractivity contribution < 1.29 is 23.7 Å². The van der Waals surface area contributed by atoms with Crippen molar-refractivity contribution in [3.8, 4) is 28.6 Å². The number of aromatic amines is 1. The zero-order chi connectivity index (χ0) is 21.7. The van der Waals surface area contributed by atoms with E-state index in [0.29, 0.717) is 34.4 Å². The van der Waals surface area contributed by atoms with Crippen molar-refractivity contribution in [1.29, 1.82) is 0 Å². The lowest BCUT2D eigenvalue weighted by Gasteiger charge is -2.13. The molecule has 30 heavy (non-hydrogen) atoms. The molecule has 9 heteroatoms. The van der Waals surface area contributed by atoms with Gasteiger partial charge in [0.05, 0.1) is 33.4 Å². The van der Waals surface area contributed by atoms with Crippen LogP contribution in [0, 0.1) is 11.7 Å². The first kappa shape index (κ1) is 21.4. The number of aromatic nitrogens is 3. The first-order valence-electron chi connectivity index (χ1n) is 9.17. The van der Waals surface area contributed by atoms with E-state index in [-0.39, 0.29) is 12.2 Å². The number of H-pyrrole nitrogens is 1. The number of nitrogens with one attached hydrogen (secondary N) is 1. The first-order valence-corrected chi connectivity index (χ1v) is 9.58. The van der Waals surface area contributed by atoms with E-state index < -0.39 is 5.97 Å². The van der Waals surface area contributed by atoms with Gasteiger partial charge in [-0.1, -0.05) is 29.8 Å². The number of carbonyl (C=O) groups is 1. The highest BCUT2D eigenvalue weighted by atomic mass is 32.1. The molecule has 158 valence electrons. The lowest BCUT2D eigenvalue weighted by molar-refractivity contribution is 0.0486. The smallest absolute Gasteiger partial charge is 0.338 e. The summed E-state index contributed by atoms with van der Waals surface area (Å²) in [6.45, 7) is 2.47. The molecule has 0 saturated carbocycles. The van der Waals surface area contributed by atoms with Crippen molar-refractivity contribution in [2.75, 3.05) is 27.9 Å². The summed E-state index contributed by atoms with van der Waals surface area (Å²) in [7, 11) is 4.47. The van der Waals surface area contributed by atoms with Gasteiger partial charge in [-0.25, -0.2) is 4.79 Å². The van der Waals surface area contributed by atoms with Gasteiger partial charge in [0.2, 0.25) is 10.5 Å². The highest BCUT2D eigenvalue weighted by Crippen LogP contribution is 2.38. The van der Waals surface area contributed by atoms with Crippen LogP contribution in [0.1, 0.15) is 15.9 Å². The quantitative estimate of drug-likeness (QED) is 0.430. The summed E-state index contributed by atoms with van der Waals surface area (Å²) in [6.07, 6.45) is 0. The average molecular weight is 429 g/mol. The molecule has 2 aromatic carbocycles. The Balaban J connectivity index is 1.68. The molecule has 1 heterocycles. The van der Waals surface area contributed by atoms with Gasteiger partial charge >= 0.3 is 5.97 Å². The van der Waals surface area contributed by atoms with Crippen molar-refractivity contribution in [2.45, 2.75) is 13.5 Å². The summed E-state index contributed by atoms with van der Waals surface area (Å²) in [5.74, 6) is 1.31. The molecule has 0 radical (unpaired) electrons. The molecule has 8 nitrogen and oxygen atoms in total. The molecule has 3 rings (SSSR count). The van der Waals surface area contributed by atoms with Crippen LogP contribution in [-0.4, -0.2) is 48.7 Å². The molecule has 3 aromatic rings. The average Bonchev–Trinajstić information content (AvgIpc) is 3.13. The number of rotatable bonds is 8. The number of ether oxygens (including phenoxy) is 4. The number of aryl methyl sites for hydroxylation is 1. The zero-order valence-corrected chi connectivity index (χ0v) is 18.0. The maximum atomic E-state index is 12.5. The molecule has 1 N–H and O–H groups in total. The second-order valence-corrected chi connectivity index (χ2v) is 6.79. The highest BCUT2D eigenvalue weighted by molar-refractivity contribution is 7.71. The molecule has 0 aliphatic rings. The van der Waals surface area contributed by atoms with E-state index in [2.05, 4.69) is 10.1 Å². The van der Waals surface area contributed by atoms with Crippen LogP contribution >= 0.6 is 12.2 Å². The molecular weight excluding hydrogens is 406 g/mol. The van der Waals surface area contributed by atoms with E-state index in [0.717, 1.165) is 11.1 Å². The van der Waals surface area contributed by atoms with Gasteiger partial charge in [-0.3, -0.25) is 9.78 Å². The van der Waals surface area contributed by atoms with Crippen LogP contribution < -0.4 is 14.2 Å². The van der Waals surface area contributed by atoms with Gasteiger partial charge in [-0.05, 0) is 31.3 Å². The van der Waals surface area contributed by atoms with E-state index in [1.807, 2.05) is 31.2 Å². The van der Waals surface area contributed by atoms with E-state index in [4.69, 9.17) is 31.2 Å². The van der Waals surface area contributed by atoms with E-state index in [1.54, 1.807) is 16.8 Å². The Morgan fingerprint density at radius 2 is 1.70 bits per heavy atom. The van der Waals surface area contributed by atoms with Crippen LogP contribution in [0.2, 0.25) is 0 Å². The lowest BCUT2D eigenvalue weighted by atomic mass is 10.1. The van der Waals surface area contributed by atoms with Crippen LogP contribution in [-0.2, 0) is 11.3 Å². The van der Waals surface area contributed by atoms with Crippen molar-refractivity contribution >= 4 is 18.2 Å². The molecule has 0 atom stereocenters. The summed E-state index contributed by atoms with van der Waals surface area (Å²) >= 11 is 5.30. The van der Waals surface area contributed by atoms with E-state index >= 15 is 0 Å². The number of esters is 1. The van der Waals surface area contributed by atoms with Crippen LogP contribution in [0.4, 0.5) is 0 Å². The third kappa shape index (κ3) is 4.62. The topological polar surface area (TPSA) is 87.6 Å². The van der Waals surface area contributed by atoms with Crippen LogP contribution in [0.3, 0.4) is 0 Å². The third-order valence-corrected chi connectivity index (χ3v) is 4.76. The Kier molecular flexibility index (Phi) is 6.73. The first-order chi connectivity index (χ1) is 14.5. The number of carbonyl (C=O) groups excluding carboxylic acids is 1. The SMILES string of the molecule is COc1cc(C(=O)OCCn2[nH]c(-c3ccc(C)cc3)nc2=S)cc(OC)c1OC. The molecule has 0 amide bonds. The third-order valence-electron chi connectivity index (χ3n) is 4.45. The Hall–Kier alpha value is -3.33. The molecule has 1 aromatic heterocycles. The molecular formula is C21H23N3O5S. The Labute approximate surface area is 179 Å². The number of hydrogen-bond acceptors (Lipinski definition) is 7. The molecule has 0 saturated heterocycles. The summed E-state index contributed by atoms with van der Waals surface area (Å²) in [5, 5.41) is 3.14. The molecule has 0 spiro atoms. The number of methoxy groups -OCH3 is 3. The van der Waals surface area contributed by atoms with Gasteiger partial charge in [0, 0.05) is 5.56 Å². The fourth-order valence-electron chi connectivity index (χ4n) is 2.86. The zero-order valence-electron chi connectivity index (χ0n) is 17.2. The van der Waals surface area contributed by atoms with Crippen LogP contribution in [0.25, 0.3) is 11.4 Å². The number of benzene rings is 2. The largest absolute Gasteiger partial charge is 0.493 e. The van der Waals surface area contributed by atoms with Gasteiger partial charge in [0.15, 0.2) is 17.3 Å². The second-order valence-electron chi connectivity index (χ2n) is 6.42. The van der Waals surface area contributed by atoms with Gasteiger partial charge in [0.25, 0.3) is 0 Å². The van der Waals surface area contributed by atoms with Gasteiger partial charge in [0.1, 0.15) is 6.61 Å². The lowest BCUT2D eigenvalue weighted by Crippen LogP contribution is -2.13. The molecule has 0 aliphatic heterocycles. The second kappa shape index (κ2) is 9.45. The minimum Gasteiger partial charge on any atom is -0.493 e. The van der Waals surface area contributed by atoms with Crippen molar-refractivity contribution in [1.82, 2.24) is 14.8 Å². The fourth-order valence-corrected chi connectivity index (χ4v) is 3.09. The Morgan fingerprint density at radius 1 is 1.07 bits per heavy atom. The highest BCUT2D eigenvalue weighted by Gasteiger charge is 2.18. The van der Waals surface area contributed by atoms with Crippen LogP contribution in [0.15, 0.2) is 36.4 Å². The summed E-state index contributed by atoms with van der Waals surface area (Å²) < 4.78 is 23.2. The summed E-state index contributed by atoms with van der Waals surface area (Å²) in [4.78, 5) is 16.8. The molecule has 0 aliphatic carbocycles. The minimum absolute atomic E-state index is 0.110. The molecule has 0 bridgehead atoms. The van der Waals surface area contributed by atoms with E-state index in [9.17, 15) is 4.79 Å². The predicted molar refractivity (Wildman–Crippen MR) is 114 cm³/mol. The normalized spacial score (nSPS) is 10.5. The van der Waals surface area contributed by atoms with Crippen molar-refractivity contribution in [3.05, 3.63) is 52.3 Å². The van der Waals surface area contributed by atoms with Crippen molar-refractivity contribution in [3.63, 3.8) is 0 Å². The standard InChI is InChI=1S/C21H23N3O5S/c1-13-5-7-14(8-6-13)19-22-21(30)24(23-19)9-10-29-20(25)15-11-16(26-2)18(28-4)17(12-15)27-3/h5-8,11-12H,9-10H2,1-4H3,(H,22,23,30). The van der Waals surface area contributed by atoms with Gasteiger partial charge in [-0.2, -0.15) is 4.98 Å². The van der Waals surface area contributed by atoms with E-state index in [1.165, 1.54) is 21.3 Å². The predicted octanol–water partition coefficient (Wildman–Crippen LogP) is 3.80. The fraction of sp³-hybridized carbons (Fsp3) is 0.286. The summed E-state index contributed by atoms with van der Waals surface area (Å²) in [6, 6.07) is 11.0. The summed E-state index contributed by atoms with van der Waals surface area (Å²) in [5.41, 5.74) is 2.38. The van der Waals surface area contributed by atoms with Gasteiger partial charge in [-0.15, -0.1) is 0 Å². The van der Waals surface area contributed by atoms with Crippen molar-refractivity contribution in [2.24, 2.45) is 0 Å². The Morgan fingerprint density at radius 3 is 2.27 bits per heavy atom. The minimum atomic E-state index is -0.515. The van der Waals surface area contributed by atoms with Crippen LogP contribution in [0.5, 0.6) is 17.2 Å². The Bertz CT molecular complexity index is 1060. The molecule has 0 fully saturated rings. The molecule has 0 unspecified atom stereocenters. The maximum Gasteiger partial charge on any atom is 0.338 e. The number of hydrogen-bond donors (Lipinski definition) is 1. The number of nitrogens with zero attached hydrogens (tertiary/aromatic N) is 2. The maximum absolute atomic E-state index is 12.5. The monoisotopic (exact) mass is 429 g/mol.